The lowest BCUT2D eigenvalue weighted by Gasteiger charge is -2.09. The van der Waals surface area contributed by atoms with Gasteiger partial charge in [0.25, 0.3) is 5.91 Å². The molecule has 0 aliphatic heterocycles. The molecule has 1 amide bonds. The molecule has 1 saturated carbocycles. The van der Waals surface area contributed by atoms with Gasteiger partial charge in [-0.05, 0) is 30.9 Å². The number of hydrogen-bond acceptors (Lipinski definition) is 3. The van der Waals surface area contributed by atoms with Gasteiger partial charge in [-0.1, -0.05) is 36.5 Å². The van der Waals surface area contributed by atoms with Gasteiger partial charge in [0.15, 0.2) is 0 Å². The summed E-state index contributed by atoms with van der Waals surface area (Å²) >= 11 is 11.9. The van der Waals surface area contributed by atoms with E-state index in [0.29, 0.717) is 5.92 Å². The molecule has 1 fully saturated rings. The van der Waals surface area contributed by atoms with Gasteiger partial charge < -0.3 is 5.32 Å². The summed E-state index contributed by atoms with van der Waals surface area (Å²) in [7, 11) is -3.95. The Balaban J connectivity index is 2.23. The van der Waals surface area contributed by atoms with Gasteiger partial charge in [-0.15, -0.1) is 0 Å². The van der Waals surface area contributed by atoms with E-state index in [1.807, 2.05) is 0 Å². The molecule has 21 heavy (non-hydrogen) atoms. The zero-order valence-electron chi connectivity index (χ0n) is 11.4. The SMILES string of the molecule is CCCC1CC1NC(=O)c1cc(S(N)(=O)=O)cc(Cl)c1Cl. The van der Waals surface area contributed by atoms with E-state index in [0.717, 1.165) is 31.4 Å². The zero-order chi connectivity index (χ0) is 15.8. The number of nitrogens with two attached hydrogens (primary N) is 1. The van der Waals surface area contributed by atoms with Gasteiger partial charge >= 0.3 is 0 Å². The lowest BCUT2D eigenvalue weighted by Crippen LogP contribution is -2.27. The van der Waals surface area contributed by atoms with Crippen molar-refractivity contribution in [1.82, 2.24) is 5.32 Å². The van der Waals surface area contributed by atoms with Crippen molar-refractivity contribution in [2.75, 3.05) is 0 Å². The standard InChI is InChI=1S/C13H16Cl2N2O3S/c1-2-3-7-4-11(7)17-13(18)9-5-8(21(16,19)20)6-10(14)12(9)15/h5-7,11H,2-4H2,1H3,(H,17,18)(H2,16,19,20). The monoisotopic (exact) mass is 350 g/mol. The Kier molecular flexibility index (Phi) is 4.82. The Hall–Kier alpha value is -0.820. The van der Waals surface area contributed by atoms with E-state index < -0.39 is 15.9 Å². The van der Waals surface area contributed by atoms with Crippen molar-refractivity contribution in [2.24, 2.45) is 11.1 Å². The van der Waals surface area contributed by atoms with Gasteiger partial charge in [0.1, 0.15) is 0 Å². The Bertz CT molecular complexity index is 676. The molecular weight excluding hydrogens is 335 g/mol. The summed E-state index contributed by atoms with van der Waals surface area (Å²) in [6.45, 7) is 2.09. The number of sulfonamides is 1. The van der Waals surface area contributed by atoms with Crippen LogP contribution in [-0.2, 0) is 10.0 Å². The van der Waals surface area contributed by atoms with Crippen LogP contribution in [0.1, 0.15) is 36.5 Å². The fraction of sp³-hybridized carbons (Fsp3) is 0.462. The molecular formula is C13H16Cl2N2O3S. The van der Waals surface area contributed by atoms with Crippen molar-refractivity contribution >= 4 is 39.1 Å². The van der Waals surface area contributed by atoms with E-state index in [9.17, 15) is 13.2 Å². The molecule has 0 radical (unpaired) electrons. The van der Waals surface area contributed by atoms with Crippen molar-refractivity contribution < 1.29 is 13.2 Å². The number of hydrogen-bond donors (Lipinski definition) is 2. The van der Waals surface area contributed by atoms with Gasteiger partial charge in [0.05, 0.1) is 20.5 Å². The van der Waals surface area contributed by atoms with Gasteiger partial charge in [0.2, 0.25) is 10.0 Å². The van der Waals surface area contributed by atoms with E-state index >= 15 is 0 Å². The Morgan fingerprint density at radius 1 is 1.43 bits per heavy atom. The summed E-state index contributed by atoms with van der Waals surface area (Å²) < 4.78 is 22.8. The van der Waals surface area contributed by atoms with Crippen LogP contribution in [0.15, 0.2) is 17.0 Å². The second kappa shape index (κ2) is 6.12. The highest BCUT2D eigenvalue weighted by Gasteiger charge is 2.37. The van der Waals surface area contributed by atoms with Gasteiger partial charge in [-0.2, -0.15) is 0 Å². The predicted octanol–water partition coefficient (Wildman–Crippen LogP) is 2.56. The number of halogens is 2. The maximum absolute atomic E-state index is 12.2. The van der Waals surface area contributed by atoms with Crippen LogP contribution < -0.4 is 10.5 Å². The summed E-state index contributed by atoms with van der Waals surface area (Å²) in [5.41, 5.74) is 0.0235. The van der Waals surface area contributed by atoms with E-state index in [2.05, 4.69) is 12.2 Å². The van der Waals surface area contributed by atoms with Crippen LogP contribution in [0.25, 0.3) is 0 Å². The minimum absolute atomic E-state index is 0.0192. The summed E-state index contributed by atoms with van der Waals surface area (Å²) in [6.07, 6.45) is 3.04. The second-order valence-corrected chi connectivity index (χ2v) is 7.52. The molecule has 116 valence electrons. The van der Waals surface area contributed by atoms with Crippen LogP contribution in [0.4, 0.5) is 0 Å². The summed E-state index contributed by atoms with van der Waals surface area (Å²) in [5, 5.41) is 7.90. The van der Waals surface area contributed by atoms with Crippen LogP contribution in [0, 0.1) is 5.92 Å². The van der Waals surface area contributed by atoms with Crippen molar-refractivity contribution in [1.29, 1.82) is 0 Å². The lowest BCUT2D eigenvalue weighted by molar-refractivity contribution is 0.0948. The second-order valence-electron chi connectivity index (χ2n) is 5.18. The first-order chi connectivity index (χ1) is 9.74. The summed E-state index contributed by atoms with van der Waals surface area (Å²) in [5.74, 6) is 0.0469. The number of nitrogens with one attached hydrogen (secondary N) is 1. The maximum atomic E-state index is 12.2. The third kappa shape index (κ3) is 3.88. The summed E-state index contributed by atoms with van der Waals surface area (Å²) in [6, 6.07) is 2.40. The molecule has 0 aromatic heterocycles. The fourth-order valence-corrected chi connectivity index (χ4v) is 3.30. The summed E-state index contributed by atoms with van der Waals surface area (Å²) in [4.78, 5) is 12.0. The number of amides is 1. The molecule has 1 aliphatic carbocycles. The average Bonchev–Trinajstić information content (AvgIpc) is 3.09. The molecule has 0 saturated heterocycles. The molecule has 1 aromatic carbocycles. The van der Waals surface area contributed by atoms with E-state index in [-0.39, 0.29) is 26.5 Å². The van der Waals surface area contributed by atoms with Crippen LogP contribution in [0.2, 0.25) is 10.0 Å². The molecule has 1 aliphatic rings. The van der Waals surface area contributed by atoms with Crippen molar-refractivity contribution in [3.8, 4) is 0 Å². The quantitative estimate of drug-likeness (QED) is 0.854. The first kappa shape index (κ1) is 16.5. The number of carbonyl (C=O) groups is 1. The molecule has 8 heteroatoms. The first-order valence-electron chi connectivity index (χ1n) is 6.56. The normalized spacial score (nSPS) is 21.1. The molecule has 3 N–H and O–H groups in total. The number of benzene rings is 1. The van der Waals surface area contributed by atoms with Crippen LogP contribution >= 0.6 is 23.2 Å². The predicted molar refractivity (Wildman–Crippen MR) is 82.1 cm³/mol. The lowest BCUT2D eigenvalue weighted by atomic mass is 10.2. The minimum atomic E-state index is -3.95. The number of carbonyl (C=O) groups excluding carboxylic acids is 1. The largest absolute Gasteiger partial charge is 0.349 e. The van der Waals surface area contributed by atoms with Crippen LogP contribution in [-0.4, -0.2) is 20.4 Å². The van der Waals surface area contributed by atoms with Crippen LogP contribution in [0.3, 0.4) is 0 Å². The molecule has 2 atom stereocenters. The molecule has 5 nitrogen and oxygen atoms in total. The topological polar surface area (TPSA) is 89.3 Å². The first-order valence-corrected chi connectivity index (χ1v) is 8.87. The number of rotatable bonds is 5. The van der Waals surface area contributed by atoms with Crippen LogP contribution in [0.5, 0.6) is 0 Å². The highest BCUT2D eigenvalue weighted by atomic mass is 35.5. The highest BCUT2D eigenvalue weighted by Crippen LogP contribution is 2.35. The maximum Gasteiger partial charge on any atom is 0.253 e. The Morgan fingerprint density at radius 3 is 2.67 bits per heavy atom. The van der Waals surface area contributed by atoms with Crippen molar-refractivity contribution in [3.63, 3.8) is 0 Å². The molecule has 2 rings (SSSR count). The van der Waals surface area contributed by atoms with Gasteiger partial charge in [-0.25, -0.2) is 13.6 Å². The minimum Gasteiger partial charge on any atom is -0.349 e. The Morgan fingerprint density at radius 2 is 2.10 bits per heavy atom. The Labute approximate surface area is 133 Å². The van der Waals surface area contributed by atoms with Crippen molar-refractivity contribution in [2.45, 2.75) is 37.1 Å². The zero-order valence-corrected chi connectivity index (χ0v) is 13.7. The molecule has 0 bridgehead atoms. The van der Waals surface area contributed by atoms with E-state index in [4.69, 9.17) is 28.3 Å². The third-order valence-corrected chi connectivity index (χ3v) is 5.17. The molecule has 0 heterocycles. The van der Waals surface area contributed by atoms with Gasteiger partial charge in [0, 0.05) is 6.04 Å². The molecule has 0 spiro atoms. The van der Waals surface area contributed by atoms with Gasteiger partial charge in [-0.3, -0.25) is 4.79 Å². The third-order valence-electron chi connectivity index (χ3n) is 3.47. The highest BCUT2D eigenvalue weighted by molar-refractivity contribution is 7.89. The smallest absolute Gasteiger partial charge is 0.253 e. The van der Waals surface area contributed by atoms with E-state index in [1.54, 1.807) is 0 Å². The van der Waals surface area contributed by atoms with Crippen molar-refractivity contribution in [3.05, 3.63) is 27.7 Å². The average molecular weight is 351 g/mol. The fourth-order valence-electron chi connectivity index (χ4n) is 2.25. The number of primary sulfonamides is 1. The molecule has 1 aromatic rings. The molecule has 2 unspecified atom stereocenters. The van der Waals surface area contributed by atoms with E-state index in [1.165, 1.54) is 0 Å².